The number of halogens is 1. The van der Waals surface area contributed by atoms with Gasteiger partial charge in [-0.2, -0.15) is 0 Å². The average Bonchev–Trinajstić information content (AvgIpc) is 2.16. The van der Waals surface area contributed by atoms with Gasteiger partial charge in [0.25, 0.3) is 5.69 Å². The van der Waals surface area contributed by atoms with Gasteiger partial charge in [-0.3, -0.25) is 10.1 Å². The molecular formula is C9H9BrNO3. The van der Waals surface area contributed by atoms with E-state index in [-0.39, 0.29) is 12.3 Å². The Balaban J connectivity index is 3.22. The molecule has 0 heterocycles. The number of aliphatic hydroxyl groups excluding tert-OH is 1. The minimum atomic E-state index is -0.457. The number of rotatable bonds is 3. The Morgan fingerprint density at radius 2 is 2.29 bits per heavy atom. The first-order chi connectivity index (χ1) is 6.56. The van der Waals surface area contributed by atoms with Gasteiger partial charge in [0.2, 0.25) is 0 Å². The van der Waals surface area contributed by atoms with Gasteiger partial charge in [-0.1, -0.05) is 22.9 Å². The number of hydrogen-bond acceptors (Lipinski definition) is 3. The first kappa shape index (κ1) is 11.1. The van der Waals surface area contributed by atoms with Gasteiger partial charge in [0.1, 0.15) is 0 Å². The Kier molecular flexibility index (Phi) is 3.60. The molecule has 0 aliphatic carbocycles. The molecule has 1 aromatic carbocycles. The Morgan fingerprint density at radius 3 is 2.79 bits per heavy atom. The highest BCUT2D eigenvalue weighted by molar-refractivity contribution is 9.10. The van der Waals surface area contributed by atoms with Crippen molar-refractivity contribution in [2.75, 3.05) is 6.61 Å². The second-order valence-electron chi connectivity index (χ2n) is 2.86. The minimum absolute atomic E-state index is 0.0137. The molecule has 0 unspecified atom stereocenters. The number of benzene rings is 1. The SMILES string of the molecule is C[C](CO)c1cc(Br)ccc1[N+](=O)[O-]. The first-order valence-electron chi connectivity index (χ1n) is 3.94. The predicted molar refractivity (Wildman–Crippen MR) is 55.9 cm³/mol. The van der Waals surface area contributed by atoms with E-state index in [2.05, 4.69) is 15.9 Å². The zero-order valence-electron chi connectivity index (χ0n) is 7.53. The smallest absolute Gasteiger partial charge is 0.273 e. The third-order valence-corrected chi connectivity index (χ3v) is 2.35. The van der Waals surface area contributed by atoms with Crippen molar-refractivity contribution in [3.8, 4) is 0 Å². The average molecular weight is 259 g/mol. The van der Waals surface area contributed by atoms with Crippen LogP contribution in [0.3, 0.4) is 0 Å². The predicted octanol–water partition coefficient (Wildman–Crippen LogP) is 2.29. The van der Waals surface area contributed by atoms with Crippen molar-refractivity contribution in [3.63, 3.8) is 0 Å². The molecule has 0 aliphatic heterocycles. The molecule has 0 fully saturated rings. The van der Waals surface area contributed by atoms with Gasteiger partial charge < -0.3 is 5.11 Å². The monoisotopic (exact) mass is 258 g/mol. The zero-order chi connectivity index (χ0) is 10.7. The van der Waals surface area contributed by atoms with Gasteiger partial charge in [0.15, 0.2) is 0 Å². The van der Waals surface area contributed by atoms with Crippen LogP contribution in [0.5, 0.6) is 0 Å². The van der Waals surface area contributed by atoms with Gasteiger partial charge in [-0.15, -0.1) is 0 Å². The van der Waals surface area contributed by atoms with Gasteiger partial charge in [-0.25, -0.2) is 0 Å². The van der Waals surface area contributed by atoms with E-state index in [1.165, 1.54) is 6.07 Å². The fourth-order valence-electron chi connectivity index (χ4n) is 1.09. The van der Waals surface area contributed by atoms with Crippen LogP contribution in [0, 0.1) is 16.0 Å². The maximum absolute atomic E-state index is 10.6. The highest BCUT2D eigenvalue weighted by Gasteiger charge is 2.18. The number of nitrogens with zero attached hydrogens (tertiary/aromatic N) is 1. The van der Waals surface area contributed by atoms with E-state index in [4.69, 9.17) is 5.11 Å². The van der Waals surface area contributed by atoms with E-state index in [0.717, 1.165) is 4.47 Å². The van der Waals surface area contributed by atoms with Crippen LogP contribution in [0.2, 0.25) is 0 Å². The van der Waals surface area contributed by atoms with E-state index in [1.54, 1.807) is 19.1 Å². The topological polar surface area (TPSA) is 63.4 Å². The summed E-state index contributed by atoms with van der Waals surface area (Å²) in [5.74, 6) is 0.581. The summed E-state index contributed by atoms with van der Waals surface area (Å²) in [5.41, 5.74) is 0.478. The Hall–Kier alpha value is -0.940. The second kappa shape index (κ2) is 4.52. The highest BCUT2D eigenvalue weighted by Crippen LogP contribution is 2.28. The van der Waals surface area contributed by atoms with Crippen molar-refractivity contribution in [2.45, 2.75) is 6.92 Å². The normalized spacial score (nSPS) is 10.6. The van der Waals surface area contributed by atoms with Crippen molar-refractivity contribution in [2.24, 2.45) is 0 Å². The maximum Gasteiger partial charge on any atom is 0.273 e. The summed E-state index contributed by atoms with van der Waals surface area (Å²) in [6, 6.07) is 4.65. The van der Waals surface area contributed by atoms with Gasteiger partial charge in [0, 0.05) is 22.0 Å². The molecule has 5 heteroatoms. The van der Waals surface area contributed by atoms with E-state index >= 15 is 0 Å². The molecule has 0 bridgehead atoms. The molecule has 0 saturated carbocycles. The van der Waals surface area contributed by atoms with E-state index in [1.807, 2.05) is 0 Å². The number of hydrogen-bond donors (Lipinski definition) is 1. The van der Waals surface area contributed by atoms with Crippen LogP contribution >= 0.6 is 15.9 Å². The molecule has 0 saturated heterocycles. The molecule has 4 nitrogen and oxygen atoms in total. The van der Waals surface area contributed by atoms with Crippen molar-refractivity contribution >= 4 is 21.6 Å². The molecule has 0 aliphatic rings. The number of aliphatic hydroxyl groups is 1. The lowest BCUT2D eigenvalue weighted by Gasteiger charge is -2.08. The van der Waals surface area contributed by atoms with Crippen LogP contribution < -0.4 is 0 Å². The zero-order valence-corrected chi connectivity index (χ0v) is 9.11. The maximum atomic E-state index is 10.6. The van der Waals surface area contributed by atoms with Gasteiger partial charge >= 0.3 is 0 Å². The van der Waals surface area contributed by atoms with Gasteiger partial charge in [-0.05, 0) is 12.1 Å². The van der Waals surface area contributed by atoms with Crippen molar-refractivity contribution in [1.29, 1.82) is 0 Å². The molecule has 14 heavy (non-hydrogen) atoms. The summed E-state index contributed by atoms with van der Waals surface area (Å²) in [5, 5.41) is 19.6. The first-order valence-corrected chi connectivity index (χ1v) is 4.73. The molecule has 1 rings (SSSR count). The molecule has 0 atom stereocenters. The van der Waals surface area contributed by atoms with Crippen molar-refractivity contribution in [1.82, 2.24) is 0 Å². The van der Waals surface area contributed by atoms with Crippen LogP contribution in [0.4, 0.5) is 5.69 Å². The van der Waals surface area contributed by atoms with E-state index in [9.17, 15) is 10.1 Å². The summed E-state index contributed by atoms with van der Waals surface area (Å²) < 4.78 is 0.755. The van der Waals surface area contributed by atoms with Crippen LogP contribution in [0.15, 0.2) is 22.7 Å². The standard InChI is InChI=1S/C9H9BrNO3/c1-6(5-12)8-4-7(10)2-3-9(8)11(13)14/h2-4,12H,5H2,1H3. The second-order valence-corrected chi connectivity index (χ2v) is 3.77. The lowest BCUT2D eigenvalue weighted by Crippen LogP contribution is -2.04. The molecular weight excluding hydrogens is 250 g/mol. The highest BCUT2D eigenvalue weighted by atomic mass is 79.9. The number of nitro benzene ring substituents is 1. The summed E-state index contributed by atoms with van der Waals surface area (Å²) >= 11 is 3.23. The van der Waals surface area contributed by atoms with Crippen LogP contribution in [-0.2, 0) is 0 Å². The molecule has 0 amide bonds. The molecule has 75 valence electrons. The Morgan fingerprint density at radius 1 is 1.64 bits per heavy atom. The fourth-order valence-corrected chi connectivity index (χ4v) is 1.46. The quantitative estimate of drug-likeness (QED) is 0.669. The summed E-state index contributed by atoms with van der Waals surface area (Å²) in [4.78, 5) is 10.2. The van der Waals surface area contributed by atoms with Crippen LogP contribution in [0.1, 0.15) is 12.5 Å². The number of nitro groups is 1. The summed E-state index contributed by atoms with van der Waals surface area (Å²) in [6.45, 7) is 1.48. The molecule has 0 aromatic heterocycles. The molecule has 1 aromatic rings. The van der Waals surface area contributed by atoms with Crippen LogP contribution in [-0.4, -0.2) is 16.6 Å². The third-order valence-electron chi connectivity index (χ3n) is 1.85. The largest absolute Gasteiger partial charge is 0.395 e. The lowest BCUT2D eigenvalue weighted by molar-refractivity contribution is -0.385. The van der Waals surface area contributed by atoms with Gasteiger partial charge in [0.05, 0.1) is 11.5 Å². The third kappa shape index (κ3) is 2.30. The molecule has 1 radical (unpaired) electrons. The lowest BCUT2D eigenvalue weighted by atomic mass is 10.0. The van der Waals surface area contributed by atoms with E-state index in [0.29, 0.717) is 11.5 Å². The van der Waals surface area contributed by atoms with Crippen LogP contribution in [0.25, 0.3) is 0 Å². The van der Waals surface area contributed by atoms with E-state index < -0.39 is 4.92 Å². The summed E-state index contributed by atoms with van der Waals surface area (Å²) in [6.07, 6.45) is 0. The van der Waals surface area contributed by atoms with Crippen molar-refractivity contribution in [3.05, 3.63) is 44.3 Å². The van der Waals surface area contributed by atoms with Crippen molar-refractivity contribution < 1.29 is 10.0 Å². The summed E-state index contributed by atoms with van der Waals surface area (Å²) in [7, 11) is 0. The Labute approximate surface area is 89.8 Å². The fraction of sp³-hybridized carbons (Fsp3) is 0.222. The molecule has 0 spiro atoms. The Bertz CT molecular complexity index is 354. The molecule has 1 N–H and O–H groups in total. The minimum Gasteiger partial charge on any atom is -0.395 e.